The van der Waals surface area contributed by atoms with Crippen molar-refractivity contribution in [2.45, 2.75) is 9.79 Å². The third-order valence-electron chi connectivity index (χ3n) is 2.61. The molecule has 2 aromatic carbocycles. The van der Waals surface area contributed by atoms with Crippen molar-refractivity contribution in [3.63, 3.8) is 0 Å². The zero-order valence-corrected chi connectivity index (χ0v) is 10.6. The highest BCUT2D eigenvalue weighted by Crippen LogP contribution is 2.20. The van der Waals surface area contributed by atoms with Crippen molar-refractivity contribution < 1.29 is 18.0 Å². The van der Waals surface area contributed by atoms with E-state index in [1.807, 2.05) is 0 Å². The maximum absolute atomic E-state index is 12.2. The van der Waals surface area contributed by atoms with Gasteiger partial charge in [-0.25, -0.2) is 8.42 Å². The van der Waals surface area contributed by atoms with E-state index in [1.165, 1.54) is 36.4 Å². The van der Waals surface area contributed by atoms with Gasteiger partial charge in [-0.05, 0) is 36.4 Å². The minimum atomic E-state index is -3.59. The van der Waals surface area contributed by atoms with E-state index in [4.69, 9.17) is 0 Å². The monoisotopic (exact) mass is 274 g/mol. The van der Waals surface area contributed by atoms with Gasteiger partial charge in [-0.1, -0.05) is 18.2 Å². The number of carbonyl (C=O) groups is 2. The van der Waals surface area contributed by atoms with Crippen LogP contribution in [0, 0.1) is 0 Å². The molecule has 0 fully saturated rings. The van der Waals surface area contributed by atoms with Crippen LogP contribution in [0.2, 0.25) is 0 Å². The molecule has 96 valence electrons. The molecule has 0 heterocycles. The maximum atomic E-state index is 12.2. The van der Waals surface area contributed by atoms with E-state index in [-0.39, 0.29) is 21.6 Å². The fourth-order valence-electron chi connectivity index (χ4n) is 1.60. The molecule has 0 saturated carbocycles. The number of hydrogen-bond acceptors (Lipinski definition) is 4. The lowest BCUT2D eigenvalue weighted by molar-refractivity contribution is -0.104. The predicted octanol–water partition coefficient (Wildman–Crippen LogP) is 1.90. The number of carbonyl (C=O) groups excluding carboxylic acids is 2. The molecule has 0 unspecified atom stereocenters. The van der Waals surface area contributed by atoms with E-state index in [1.54, 1.807) is 18.2 Å². The van der Waals surface area contributed by atoms with Gasteiger partial charge in [0.2, 0.25) is 15.6 Å². The van der Waals surface area contributed by atoms with Crippen molar-refractivity contribution in [1.29, 1.82) is 0 Å². The summed E-state index contributed by atoms with van der Waals surface area (Å²) in [5.74, 6) is -0.677. The molecule has 0 N–H and O–H groups in total. The summed E-state index contributed by atoms with van der Waals surface area (Å²) in [6.45, 7) is 0. The van der Waals surface area contributed by atoms with Crippen LogP contribution in [-0.2, 0) is 14.6 Å². The summed E-state index contributed by atoms with van der Waals surface area (Å²) in [5.41, 5.74) is 0.169. The van der Waals surface area contributed by atoms with Crippen molar-refractivity contribution in [3.8, 4) is 0 Å². The number of hydrogen-bond donors (Lipinski definition) is 0. The molecular weight excluding hydrogens is 264 g/mol. The Balaban J connectivity index is 2.43. The molecule has 0 bridgehead atoms. The molecule has 2 rings (SSSR count). The molecule has 4 nitrogen and oxygen atoms in total. The second kappa shape index (κ2) is 5.16. The molecule has 5 heteroatoms. The number of ketones is 1. The highest BCUT2D eigenvalue weighted by Gasteiger charge is 2.17. The van der Waals surface area contributed by atoms with Gasteiger partial charge >= 0.3 is 0 Å². The molecule has 2 aromatic rings. The summed E-state index contributed by atoms with van der Waals surface area (Å²) in [4.78, 5) is 21.7. The molecule has 19 heavy (non-hydrogen) atoms. The smallest absolute Gasteiger partial charge is 0.225 e. The van der Waals surface area contributed by atoms with E-state index in [0.717, 1.165) is 0 Å². The van der Waals surface area contributed by atoms with E-state index in [0.29, 0.717) is 0 Å². The molecule has 0 aliphatic carbocycles. The molecule has 0 aromatic heterocycles. The second-order valence-corrected chi connectivity index (χ2v) is 5.77. The number of sulfone groups is 1. The Morgan fingerprint density at radius 2 is 1.37 bits per heavy atom. The summed E-state index contributed by atoms with van der Waals surface area (Å²) >= 11 is 0. The number of aldehydes is 1. The number of rotatable bonds is 4. The van der Waals surface area contributed by atoms with Crippen LogP contribution in [0.4, 0.5) is 0 Å². The van der Waals surface area contributed by atoms with Gasteiger partial charge in [0.1, 0.15) is 0 Å². The van der Waals surface area contributed by atoms with Crippen LogP contribution >= 0.6 is 0 Å². The van der Waals surface area contributed by atoms with E-state index in [9.17, 15) is 18.0 Å². The standard InChI is InChI=1S/C14H10O4S/c15-10-14(16)11-6-8-13(9-7-11)19(17,18)12-4-2-1-3-5-12/h1-10H. The molecule has 0 aliphatic rings. The minimum absolute atomic E-state index is 0.0844. The minimum Gasteiger partial charge on any atom is -0.294 e. The zero-order valence-electron chi connectivity index (χ0n) is 9.81. The third-order valence-corrected chi connectivity index (χ3v) is 4.40. The van der Waals surface area contributed by atoms with Crippen LogP contribution in [0.1, 0.15) is 10.4 Å². The van der Waals surface area contributed by atoms with Crippen LogP contribution < -0.4 is 0 Å². The summed E-state index contributed by atoms with van der Waals surface area (Å²) < 4.78 is 24.5. The molecule has 0 atom stereocenters. The molecule has 0 amide bonds. The lowest BCUT2D eigenvalue weighted by Gasteiger charge is -2.04. The highest BCUT2D eigenvalue weighted by atomic mass is 32.2. The largest absolute Gasteiger partial charge is 0.294 e. The van der Waals surface area contributed by atoms with Crippen LogP contribution in [0.3, 0.4) is 0 Å². The predicted molar refractivity (Wildman–Crippen MR) is 68.7 cm³/mol. The first kappa shape index (κ1) is 13.2. The average molecular weight is 274 g/mol. The Bertz CT molecular complexity index is 701. The topological polar surface area (TPSA) is 68.3 Å². The first-order valence-corrected chi connectivity index (χ1v) is 6.94. The van der Waals surface area contributed by atoms with Crippen molar-refractivity contribution >= 4 is 21.9 Å². The fourth-order valence-corrected chi connectivity index (χ4v) is 2.88. The van der Waals surface area contributed by atoms with Crippen LogP contribution in [-0.4, -0.2) is 20.5 Å². The molecule has 0 spiro atoms. The fraction of sp³-hybridized carbons (Fsp3) is 0. The van der Waals surface area contributed by atoms with E-state index >= 15 is 0 Å². The van der Waals surface area contributed by atoms with Crippen molar-refractivity contribution in [1.82, 2.24) is 0 Å². The Morgan fingerprint density at radius 3 is 1.89 bits per heavy atom. The first-order valence-electron chi connectivity index (χ1n) is 5.45. The van der Waals surface area contributed by atoms with Crippen LogP contribution in [0.5, 0.6) is 0 Å². The van der Waals surface area contributed by atoms with Crippen molar-refractivity contribution in [2.24, 2.45) is 0 Å². The number of Topliss-reactive ketones (excluding diaryl/α,β-unsaturated/α-hetero) is 1. The lowest BCUT2D eigenvalue weighted by atomic mass is 10.1. The van der Waals surface area contributed by atoms with E-state index in [2.05, 4.69) is 0 Å². The van der Waals surface area contributed by atoms with Gasteiger partial charge in [-0.2, -0.15) is 0 Å². The molecule has 0 saturated heterocycles. The molecular formula is C14H10O4S. The Labute approximate surface area is 110 Å². The van der Waals surface area contributed by atoms with Gasteiger partial charge in [0.05, 0.1) is 9.79 Å². The van der Waals surface area contributed by atoms with Crippen LogP contribution in [0.25, 0.3) is 0 Å². The average Bonchev–Trinajstić information content (AvgIpc) is 2.47. The molecule has 0 aliphatic heterocycles. The van der Waals surface area contributed by atoms with E-state index < -0.39 is 15.6 Å². The van der Waals surface area contributed by atoms with Gasteiger partial charge in [0.15, 0.2) is 6.29 Å². The highest BCUT2D eigenvalue weighted by molar-refractivity contribution is 7.91. The van der Waals surface area contributed by atoms with Crippen LogP contribution in [0.15, 0.2) is 64.4 Å². The van der Waals surface area contributed by atoms with Crippen molar-refractivity contribution in [2.75, 3.05) is 0 Å². The van der Waals surface area contributed by atoms with Gasteiger partial charge in [0.25, 0.3) is 0 Å². The normalized spacial score (nSPS) is 10.9. The lowest BCUT2D eigenvalue weighted by Crippen LogP contribution is -2.04. The molecule has 0 radical (unpaired) electrons. The first-order chi connectivity index (χ1) is 9.05. The Hall–Kier alpha value is -2.27. The number of benzene rings is 2. The summed E-state index contributed by atoms with van der Waals surface area (Å²) in [6.07, 6.45) is 0.195. The second-order valence-electron chi connectivity index (χ2n) is 3.82. The van der Waals surface area contributed by atoms with Gasteiger partial charge in [-0.3, -0.25) is 9.59 Å². The summed E-state index contributed by atoms with van der Waals surface area (Å²) in [5, 5.41) is 0. The van der Waals surface area contributed by atoms with Gasteiger partial charge < -0.3 is 0 Å². The van der Waals surface area contributed by atoms with Gasteiger partial charge in [-0.15, -0.1) is 0 Å². The SMILES string of the molecule is O=CC(=O)c1ccc(S(=O)(=O)c2ccccc2)cc1. The summed E-state index contributed by atoms with van der Waals surface area (Å²) in [6, 6.07) is 13.3. The third kappa shape index (κ3) is 2.61. The Morgan fingerprint density at radius 1 is 0.842 bits per heavy atom. The van der Waals surface area contributed by atoms with Crippen molar-refractivity contribution in [3.05, 3.63) is 60.2 Å². The quantitative estimate of drug-likeness (QED) is 0.485. The maximum Gasteiger partial charge on any atom is 0.225 e. The Kier molecular flexibility index (Phi) is 3.57. The zero-order chi connectivity index (χ0) is 13.9. The van der Waals surface area contributed by atoms with Gasteiger partial charge in [0, 0.05) is 5.56 Å². The summed E-state index contributed by atoms with van der Waals surface area (Å²) in [7, 11) is -3.59.